The van der Waals surface area contributed by atoms with Crippen molar-refractivity contribution in [3.63, 3.8) is 0 Å². The van der Waals surface area contributed by atoms with Gasteiger partial charge < -0.3 is 10.6 Å². The van der Waals surface area contributed by atoms with Crippen molar-refractivity contribution >= 4 is 30.1 Å². The zero-order valence-corrected chi connectivity index (χ0v) is 14.5. The van der Waals surface area contributed by atoms with E-state index in [9.17, 15) is 4.79 Å². The molecule has 22 heavy (non-hydrogen) atoms. The van der Waals surface area contributed by atoms with Crippen LogP contribution in [0.4, 0.5) is 0 Å². The molecule has 1 saturated carbocycles. The Morgan fingerprint density at radius 3 is 2.73 bits per heavy atom. The summed E-state index contributed by atoms with van der Waals surface area (Å²) in [6.07, 6.45) is 5.34. The van der Waals surface area contributed by atoms with E-state index in [2.05, 4.69) is 34.9 Å². The highest BCUT2D eigenvalue weighted by molar-refractivity contribution is 8.01. The molecule has 0 bridgehead atoms. The summed E-state index contributed by atoms with van der Waals surface area (Å²) in [7, 11) is 0. The lowest BCUT2D eigenvalue weighted by atomic mass is 10.0. The minimum Gasteiger partial charge on any atom is -0.355 e. The summed E-state index contributed by atoms with van der Waals surface area (Å²) in [5.74, 6) is 0.922. The predicted octanol–water partition coefficient (Wildman–Crippen LogP) is 3.24. The zero-order chi connectivity index (χ0) is 14.5. The van der Waals surface area contributed by atoms with Crippen molar-refractivity contribution in [2.24, 2.45) is 5.92 Å². The van der Waals surface area contributed by atoms with Gasteiger partial charge in [-0.3, -0.25) is 4.79 Å². The molecular formula is C17H25ClN2OS. The van der Waals surface area contributed by atoms with E-state index in [1.807, 2.05) is 17.8 Å². The molecule has 0 aromatic heterocycles. The van der Waals surface area contributed by atoms with E-state index >= 15 is 0 Å². The van der Waals surface area contributed by atoms with Gasteiger partial charge in [0.1, 0.15) is 0 Å². The van der Waals surface area contributed by atoms with Gasteiger partial charge in [-0.15, -0.1) is 24.2 Å². The van der Waals surface area contributed by atoms with Gasteiger partial charge in [-0.05, 0) is 56.8 Å². The fraction of sp³-hybridized carbons (Fsp3) is 0.588. The van der Waals surface area contributed by atoms with Gasteiger partial charge in [0.25, 0.3) is 0 Å². The van der Waals surface area contributed by atoms with Crippen molar-refractivity contribution < 1.29 is 4.79 Å². The number of benzene rings is 1. The average Bonchev–Trinajstić information content (AvgIpc) is 3.07. The second-order valence-corrected chi connectivity index (χ2v) is 7.81. The van der Waals surface area contributed by atoms with Crippen molar-refractivity contribution in [3.05, 3.63) is 30.3 Å². The Bertz CT molecular complexity index is 473. The second-order valence-electron chi connectivity index (χ2n) is 6.27. The Labute approximate surface area is 143 Å². The van der Waals surface area contributed by atoms with E-state index in [-0.39, 0.29) is 23.1 Å². The number of amides is 1. The number of nitrogens with one attached hydrogen (secondary N) is 2. The van der Waals surface area contributed by atoms with Crippen LogP contribution in [0.2, 0.25) is 0 Å². The summed E-state index contributed by atoms with van der Waals surface area (Å²) in [5.41, 5.74) is 0. The maximum Gasteiger partial charge on any atom is 0.220 e. The third-order valence-electron chi connectivity index (χ3n) is 4.43. The summed E-state index contributed by atoms with van der Waals surface area (Å²) in [5, 5.41) is 6.50. The molecular weight excluding hydrogens is 316 g/mol. The molecule has 1 aromatic carbocycles. The first-order valence-electron chi connectivity index (χ1n) is 7.97. The molecule has 122 valence electrons. The molecule has 2 N–H and O–H groups in total. The third-order valence-corrected chi connectivity index (χ3v) is 5.93. The number of carbonyl (C=O) groups is 1. The van der Waals surface area contributed by atoms with E-state index in [4.69, 9.17) is 0 Å². The van der Waals surface area contributed by atoms with Crippen molar-refractivity contribution in [2.75, 3.05) is 19.6 Å². The molecule has 3 nitrogen and oxygen atoms in total. The zero-order valence-electron chi connectivity index (χ0n) is 12.8. The Morgan fingerprint density at radius 1 is 1.32 bits per heavy atom. The van der Waals surface area contributed by atoms with Crippen LogP contribution in [0.1, 0.15) is 32.1 Å². The molecule has 1 amide bonds. The second kappa shape index (κ2) is 8.23. The number of hydrogen-bond donors (Lipinski definition) is 2. The Morgan fingerprint density at radius 2 is 2.09 bits per heavy atom. The SMILES string of the molecule is Cl.O=C(CCC1CCNC1)NCC1(Sc2ccccc2)CC1. The Balaban J connectivity index is 0.00000176. The molecule has 1 atom stereocenters. The first kappa shape index (κ1) is 17.6. The van der Waals surface area contributed by atoms with Crippen LogP contribution in [-0.2, 0) is 4.79 Å². The minimum atomic E-state index is 0. The summed E-state index contributed by atoms with van der Waals surface area (Å²) in [4.78, 5) is 13.3. The molecule has 3 rings (SSSR count). The average molecular weight is 341 g/mol. The Hall–Kier alpha value is -0.710. The molecule has 0 spiro atoms. The van der Waals surface area contributed by atoms with Crippen LogP contribution >= 0.6 is 24.2 Å². The van der Waals surface area contributed by atoms with Gasteiger partial charge >= 0.3 is 0 Å². The van der Waals surface area contributed by atoms with Crippen LogP contribution in [0, 0.1) is 5.92 Å². The fourth-order valence-electron chi connectivity index (χ4n) is 2.84. The highest BCUT2D eigenvalue weighted by atomic mass is 35.5. The molecule has 1 aliphatic carbocycles. The minimum absolute atomic E-state index is 0. The van der Waals surface area contributed by atoms with Gasteiger partial charge in [-0.1, -0.05) is 18.2 Å². The smallest absolute Gasteiger partial charge is 0.220 e. The quantitative estimate of drug-likeness (QED) is 0.800. The van der Waals surface area contributed by atoms with Gasteiger partial charge in [-0.2, -0.15) is 0 Å². The fourth-order valence-corrected chi connectivity index (χ4v) is 4.08. The van der Waals surface area contributed by atoms with Crippen LogP contribution in [0.5, 0.6) is 0 Å². The van der Waals surface area contributed by atoms with Gasteiger partial charge in [0.2, 0.25) is 5.91 Å². The number of carbonyl (C=O) groups excluding carboxylic acids is 1. The van der Waals surface area contributed by atoms with Gasteiger partial charge in [0, 0.05) is 22.6 Å². The molecule has 5 heteroatoms. The molecule has 1 aromatic rings. The van der Waals surface area contributed by atoms with Gasteiger partial charge in [0.05, 0.1) is 0 Å². The standard InChI is InChI=1S/C17H24N2OS.ClH/c20-16(7-6-14-8-11-18-12-14)19-13-17(9-10-17)21-15-4-2-1-3-5-15;/h1-5,14,18H,6-13H2,(H,19,20);1H. The summed E-state index contributed by atoms with van der Waals surface area (Å²) < 4.78 is 0.256. The van der Waals surface area contributed by atoms with Crippen LogP contribution in [0.3, 0.4) is 0 Å². The summed E-state index contributed by atoms with van der Waals surface area (Å²) in [6, 6.07) is 10.5. The largest absolute Gasteiger partial charge is 0.355 e. The van der Waals surface area contributed by atoms with Crippen LogP contribution in [0.15, 0.2) is 35.2 Å². The normalized spacial score (nSPS) is 21.9. The molecule has 1 saturated heterocycles. The third kappa shape index (κ3) is 5.18. The number of rotatable bonds is 7. The number of hydrogen-bond acceptors (Lipinski definition) is 3. The Kier molecular flexibility index (Phi) is 6.60. The molecule has 2 aliphatic rings. The van der Waals surface area contributed by atoms with Crippen LogP contribution < -0.4 is 10.6 Å². The molecule has 1 unspecified atom stereocenters. The first-order chi connectivity index (χ1) is 10.3. The first-order valence-corrected chi connectivity index (χ1v) is 8.79. The van der Waals surface area contributed by atoms with E-state index in [0.717, 1.165) is 26.1 Å². The topological polar surface area (TPSA) is 41.1 Å². The predicted molar refractivity (Wildman–Crippen MR) is 94.7 cm³/mol. The lowest BCUT2D eigenvalue weighted by molar-refractivity contribution is -0.121. The monoisotopic (exact) mass is 340 g/mol. The molecule has 1 aliphatic heterocycles. The number of halogens is 1. The number of thioether (sulfide) groups is 1. The van der Waals surface area contributed by atoms with Gasteiger partial charge in [0.15, 0.2) is 0 Å². The lowest BCUT2D eigenvalue weighted by Gasteiger charge is -2.16. The van der Waals surface area contributed by atoms with Crippen molar-refractivity contribution in [1.29, 1.82) is 0 Å². The summed E-state index contributed by atoms with van der Waals surface area (Å²) >= 11 is 1.92. The molecule has 1 heterocycles. The summed E-state index contributed by atoms with van der Waals surface area (Å²) in [6.45, 7) is 3.01. The lowest BCUT2D eigenvalue weighted by Crippen LogP contribution is -2.32. The van der Waals surface area contributed by atoms with E-state index in [1.165, 1.54) is 24.2 Å². The van der Waals surface area contributed by atoms with E-state index in [0.29, 0.717) is 12.3 Å². The maximum absolute atomic E-state index is 12.0. The van der Waals surface area contributed by atoms with Crippen molar-refractivity contribution in [2.45, 2.75) is 41.7 Å². The molecule has 0 radical (unpaired) electrons. The maximum atomic E-state index is 12.0. The van der Waals surface area contributed by atoms with Gasteiger partial charge in [-0.25, -0.2) is 0 Å². The highest BCUT2D eigenvalue weighted by Crippen LogP contribution is 2.51. The van der Waals surface area contributed by atoms with Crippen LogP contribution in [-0.4, -0.2) is 30.3 Å². The highest BCUT2D eigenvalue weighted by Gasteiger charge is 2.43. The van der Waals surface area contributed by atoms with E-state index in [1.54, 1.807) is 0 Å². The van der Waals surface area contributed by atoms with Crippen molar-refractivity contribution in [3.8, 4) is 0 Å². The van der Waals surface area contributed by atoms with E-state index < -0.39 is 0 Å². The van der Waals surface area contributed by atoms with Crippen molar-refractivity contribution in [1.82, 2.24) is 10.6 Å². The van der Waals surface area contributed by atoms with Crippen LogP contribution in [0.25, 0.3) is 0 Å². The molecule has 2 fully saturated rings.